The Bertz CT molecular complexity index is 1260. The quantitative estimate of drug-likeness (QED) is 0.392. The maximum atomic E-state index is 4.52. The van der Waals surface area contributed by atoms with Crippen LogP contribution in [0.15, 0.2) is 78.4 Å². The molecule has 0 aliphatic heterocycles. The third-order valence-electron chi connectivity index (χ3n) is 4.74. The fourth-order valence-electron chi connectivity index (χ4n) is 3.27. The molecule has 0 saturated carbocycles. The van der Waals surface area contributed by atoms with Gasteiger partial charge in [0.1, 0.15) is 0 Å². The third-order valence-corrected chi connectivity index (χ3v) is 5.55. The van der Waals surface area contributed by atoms with Crippen LogP contribution in [0.3, 0.4) is 0 Å². The lowest BCUT2D eigenvalue weighted by molar-refractivity contribution is 1.40. The van der Waals surface area contributed by atoms with E-state index in [9.17, 15) is 0 Å². The smallest absolute Gasteiger partial charge is 0.0832 e. The highest BCUT2D eigenvalue weighted by Gasteiger charge is 2.06. The van der Waals surface area contributed by atoms with E-state index in [1.165, 1.54) is 21.4 Å². The predicted molar refractivity (Wildman–Crippen MR) is 115 cm³/mol. The molecule has 27 heavy (non-hydrogen) atoms. The number of aryl methyl sites for hydroxylation is 1. The zero-order chi connectivity index (χ0) is 18.2. The van der Waals surface area contributed by atoms with Gasteiger partial charge in [-0.1, -0.05) is 35.9 Å². The molecule has 4 heteroatoms. The van der Waals surface area contributed by atoms with E-state index in [1.807, 2.05) is 17.8 Å². The molecule has 2 aromatic heterocycles. The average molecular weight is 367 g/mol. The van der Waals surface area contributed by atoms with Gasteiger partial charge in [-0.05, 0) is 54.4 Å². The molecule has 0 unspecified atom stereocenters. The number of hydrogen-bond donors (Lipinski definition) is 1. The Kier molecular flexibility index (Phi) is 3.84. The Morgan fingerprint density at radius 3 is 2.52 bits per heavy atom. The molecular formula is C23H17N3S. The number of nitrogens with zero attached hydrogens (tertiary/aromatic N) is 2. The Morgan fingerprint density at radius 1 is 0.778 bits per heavy atom. The van der Waals surface area contributed by atoms with Crippen molar-refractivity contribution in [2.24, 2.45) is 0 Å². The summed E-state index contributed by atoms with van der Waals surface area (Å²) in [5.74, 6) is 0. The number of thiazole rings is 1. The number of aromatic nitrogens is 2. The predicted octanol–water partition coefficient (Wildman–Crippen LogP) is 6.56. The molecule has 3 nitrogen and oxygen atoms in total. The fourth-order valence-corrected chi connectivity index (χ4v) is 3.93. The largest absolute Gasteiger partial charge is 0.355 e. The first kappa shape index (κ1) is 16.0. The summed E-state index contributed by atoms with van der Waals surface area (Å²) in [4.78, 5) is 8.93. The van der Waals surface area contributed by atoms with Gasteiger partial charge in [0.2, 0.25) is 0 Å². The summed E-state index contributed by atoms with van der Waals surface area (Å²) in [5.41, 5.74) is 9.61. The highest BCUT2D eigenvalue weighted by Crippen LogP contribution is 2.31. The fraction of sp³-hybridized carbons (Fsp3) is 0.0435. The van der Waals surface area contributed by atoms with Crippen LogP contribution >= 0.6 is 11.3 Å². The molecule has 0 saturated heterocycles. The zero-order valence-corrected chi connectivity index (χ0v) is 15.6. The van der Waals surface area contributed by atoms with Crippen LogP contribution in [0.4, 0.5) is 11.4 Å². The Hall–Kier alpha value is -3.24. The van der Waals surface area contributed by atoms with Crippen molar-refractivity contribution in [2.75, 3.05) is 5.32 Å². The molecule has 0 fully saturated rings. The van der Waals surface area contributed by atoms with E-state index in [1.54, 1.807) is 11.3 Å². The molecule has 0 bridgehead atoms. The second-order valence-electron chi connectivity index (χ2n) is 6.62. The maximum Gasteiger partial charge on any atom is 0.0832 e. The van der Waals surface area contributed by atoms with Crippen molar-refractivity contribution >= 4 is 43.8 Å². The summed E-state index contributed by atoms with van der Waals surface area (Å²) >= 11 is 1.66. The molecular weight excluding hydrogens is 350 g/mol. The van der Waals surface area contributed by atoms with Crippen LogP contribution in [-0.4, -0.2) is 9.97 Å². The summed E-state index contributed by atoms with van der Waals surface area (Å²) in [6.45, 7) is 2.11. The Balaban J connectivity index is 1.58. The highest BCUT2D eigenvalue weighted by atomic mass is 32.1. The molecule has 0 radical (unpaired) electrons. The van der Waals surface area contributed by atoms with Crippen LogP contribution in [0, 0.1) is 6.92 Å². The van der Waals surface area contributed by atoms with Gasteiger partial charge in [0.15, 0.2) is 0 Å². The first-order valence-electron chi connectivity index (χ1n) is 8.82. The van der Waals surface area contributed by atoms with Crippen molar-refractivity contribution in [2.45, 2.75) is 6.92 Å². The summed E-state index contributed by atoms with van der Waals surface area (Å²) < 4.78 is 1.20. The number of pyridine rings is 1. The zero-order valence-electron chi connectivity index (χ0n) is 14.8. The number of fused-ring (bicyclic) bond motifs is 2. The van der Waals surface area contributed by atoms with Crippen molar-refractivity contribution in [3.8, 4) is 11.1 Å². The van der Waals surface area contributed by atoms with Crippen LogP contribution in [0.5, 0.6) is 0 Å². The summed E-state index contributed by atoms with van der Waals surface area (Å²) in [7, 11) is 0. The molecule has 130 valence electrons. The second-order valence-corrected chi connectivity index (χ2v) is 7.50. The topological polar surface area (TPSA) is 37.8 Å². The maximum absolute atomic E-state index is 4.52. The van der Waals surface area contributed by atoms with E-state index in [0.717, 1.165) is 27.8 Å². The van der Waals surface area contributed by atoms with Gasteiger partial charge in [-0.3, -0.25) is 4.98 Å². The summed E-state index contributed by atoms with van der Waals surface area (Å²) in [6, 6.07) is 23.3. The van der Waals surface area contributed by atoms with Gasteiger partial charge < -0.3 is 5.32 Å². The lowest BCUT2D eigenvalue weighted by Gasteiger charge is -2.11. The number of benzene rings is 3. The molecule has 0 amide bonds. The number of nitrogens with one attached hydrogen (secondary N) is 1. The van der Waals surface area contributed by atoms with Crippen molar-refractivity contribution in [1.29, 1.82) is 0 Å². The minimum atomic E-state index is 0.977. The molecule has 1 N–H and O–H groups in total. The van der Waals surface area contributed by atoms with Crippen molar-refractivity contribution in [1.82, 2.24) is 9.97 Å². The first-order chi connectivity index (χ1) is 13.3. The molecule has 5 aromatic rings. The number of hydrogen-bond acceptors (Lipinski definition) is 4. The lowest BCUT2D eigenvalue weighted by Crippen LogP contribution is -1.93. The van der Waals surface area contributed by atoms with Crippen LogP contribution in [0.2, 0.25) is 0 Å². The van der Waals surface area contributed by atoms with Crippen molar-refractivity contribution in [3.63, 3.8) is 0 Å². The van der Waals surface area contributed by atoms with Gasteiger partial charge in [0.05, 0.1) is 21.2 Å². The minimum absolute atomic E-state index is 0.977. The van der Waals surface area contributed by atoms with Gasteiger partial charge in [-0.25, -0.2) is 4.98 Å². The first-order valence-corrected chi connectivity index (χ1v) is 9.70. The van der Waals surface area contributed by atoms with Crippen molar-refractivity contribution < 1.29 is 0 Å². The van der Waals surface area contributed by atoms with Gasteiger partial charge in [-0.2, -0.15) is 0 Å². The molecule has 3 aromatic carbocycles. The molecule has 0 aliphatic rings. The molecule has 2 heterocycles. The number of rotatable bonds is 3. The Morgan fingerprint density at radius 2 is 1.63 bits per heavy atom. The van der Waals surface area contributed by atoms with Gasteiger partial charge in [0, 0.05) is 23.0 Å². The lowest BCUT2D eigenvalue weighted by atomic mass is 10.0. The van der Waals surface area contributed by atoms with E-state index in [4.69, 9.17) is 0 Å². The minimum Gasteiger partial charge on any atom is -0.355 e. The standard InChI is InChI=1S/C23H17N3S/c1-15-2-4-16(5-3-15)17-6-8-20-19(12-17)21(10-11-24-20)26-18-7-9-23-22(13-18)25-14-27-23/h2-14H,1H3,(H,24,26). The SMILES string of the molecule is Cc1ccc(-c2ccc3nccc(Nc4ccc5scnc5c4)c3c2)cc1. The highest BCUT2D eigenvalue weighted by molar-refractivity contribution is 7.16. The van der Waals surface area contributed by atoms with E-state index >= 15 is 0 Å². The van der Waals surface area contributed by atoms with Gasteiger partial charge in [-0.15, -0.1) is 11.3 Å². The molecule has 0 spiro atoms. The summed E-state index contributed by atoms with van der Waals surface area (Å²) in [5, 5.41) is 4.65. The molecule has 0 atom stereocenters. The van der Waals surface area contributed by atoms with Crippen LogP contribution in [0.25, 0.3) is 32.2 Å². The van der Waals surface area contributed by atoms with Crippen LogP contribution in [0.1, 0.15) is 5.56 Å². The van der Waals surface area contributed by atoms with E-state index in [0.29, 0.717) is 0 Å². The molecule has 0 aliphatic carbocycles. The second kappa shape index (κ2) is 6.49. The van der Waals surface area contributed by atoms with Gasteiger partial charge >= 0.3 is 0 Å². The van der Waals surface area contributed by atoms with Crippen LogP contribution in [-0.2, 0) is 0 Å². The molecule has 5 rings (SSSR count). The van der Waals surface area contributed by atoms with E-state index < -0.39 is 0 Å². The van der Waals surface area contributed by atoms with E-state index in [-0.39, 0.29) is 0 Å². The number of anilines is 2. The Labute approximate surface area is 161 Å². The van der Waals surface area contributed by atoms with Gasteiger partial charge in [0.25, 0.3) is 0 Å². The monoisotopic (exact) mass is 367 g/mol. The summed E-state index contributed by atoms with van der Waals surface area (Å²) in [6.07, 6.45) is 1.84. The normalized spacial score (nSPS) is 11.1. The average Bonchev–Trinajstić information content (AvgIpc) is 3.16. The van der Waals surface area contributed by atoms with Crippen molar-refractivity contribution in [3.05, 3.63) is 84.0 Å². The van der Waals surface area contributed by atoms with E-state index in [2.05, 4.69) is 82.9 Å². The third kappa shape index (κ3) is 3.04. The van der Waals surface area contributed by atoms with Crippen LogP contribution < -0.4 is 5.32 Å².